The highest BCUT2D eigenvalue weighted by Crippen LogP contribution is 2.24. The molecule has 90 valence electrons. The summed E-state index contributed by atoms with van der Waals surface area (Å²) in [5.41, 5.74) is 2.72. The maximum Gasteiger partial charge on any atom is 0.355 e. The van der Waals surface area contributed by atoms with Gasteiger partial charge in [-0.1, -0.05) is 18.2 Å². The molecular weight excluding hydrogens is 210 g/mol. The van der Waals surface area contributed by atoms with Gasteiger partial charge in [0.25, 0.3) is 0 Å². The topological polar surface area (TPSA) is 9.49 Å². The van der Waals surface area contributed by atoms with Crippen LogP contribution < -0.4 is 4.90 Å². The molecule has 0 aromatic heterocycles. The van der Waals surface area contributed by atoms with Crippen LogP contribution in [-0.4, -0.2) is 48.7 Å². The lowest BCUT2D eigenvalue weighted by Crippen LogP contribution is -2.45. The van der Waals surface area contributed by atoms with Gasteiger partial charge >= 0.3 is 5.96 Å². The van der Waals surface area contributed by atoms with Gasteiger partial charge in [0.05, 0.1) is 26.7 Å². The number of hydrogen-bond donors (Lipinski definition) is 0. The Morgan fingerprint density at radius 1 is 1.12 bits per heavy atom. The molecule has 1 aromatic rings. The van der Waals surface area contributed by atoms with Crippen molar-refractivity contribution in [2.45, 2.75) is 13.3 Å². The van der Waals surface area contributed by atoms with Crippen molar-refractivity contribution >= 4 is 11.6 Å². The van der Waals surface area contributed by atoms with E-state index in [9.17, 15) is 0 Å². The smallest absolute Gasteiger partial charge is 0.267 e. The molecule has 2 aliphatic heterocycles. The molecule has 3 nitrogen and oxygen atoms in total. The van der Waals surface area contributed by atoms with Gasteiger partial charge in [0.2, 0.25) is 0 Å². The molecular formula is C14H20N3+. The average Bonchev–Trinajstić information content (AvgIpc) is 2.75. The normalized spacial score (nSPS) is 19.9. The third-order valence-corrected chi connectivity index (χ3v) is 3.79. The molecule has 0 aliphatic carbocycles. The summed E-state index contributed by atoms with van der Waals surface area (Å²) in [5, 5.41) is 0. The van der Waals surface area contributed by atoms with E-state index in [1.165, 1.54) is 36.7 Å². The molecule has 0 atom stereocenters. The number of fused-ring (bicyclic) bond motifs is 1. The number of guanidine groups is 1. The van der Waals surface area contributed by atoms with Gasteiger partial charge in [-0.2, -0.15) is 0 Å². The van der Waals surface area contributed by atoms with Gasteiger partial charge in [-0.3, -0.25) is 9.48 Å². The Morgan fingerprint density at radius 3 is 2.76 bits per heavy atom. The zero-order chi connectivity index (χ0) is 11.8. The fourth-order valence-corrected chi connectivity index (χ4v) is 2.94. The monoisotopic (exact) mass is 230 g/mol. The summed E-state index contributed by atoms with van der Waals surface area (Å²) in [6, 6.07) is 8.67. The first kappa shape index (κ1) is 10.6. The highest BCUT2D eigenvalue weighted by molar-refractivity contribution is 5.95. The standard InChI is InChI=1S/C14H20N3/c1-12-6-3-4-7-13(12)17-11-10-16-9-5-8-15(2)14(16)17/h3-4,6-7H,5,8-11H2,1-2H3/q+1. The van der Waals surface area contributed by atoms with Crippen molar-refractivity contribution in [3.63, 3.8) is 0 Å². The van der Waals surface area contributed by atoms with Gasteiger partial charge in [-0.05, 0) is 18.6 Å². The molecule has 1 saturated heterocycles. The third kappa shape index (κ3) is 1.70. The lowest BCUT2D eigenvalue weighted by atomic mass is 10.2. The van der Waals surface area contributed by atoms with Gasteiger partial charge in [0, 0.05) is 6.42 Å². The third-order valence-electron chi connectivity index (χ3n) is 3.79. The predicted molar refractivity (Wildman–Crippen MR) is 70.8 cm³/mol. The zero-order valence-electron chi connectivity index (χ0n) is 10.7. The second kappa shape index (κ2) is 4.06. The van der Waals surface area contributed by atoms with Crippen molar-refractivity contribution in [2.75, 3.05) is 38.1 Å². The first-order valence-electron chi connectivity index (χ1n) is 6.43. The molecule has 17 heavy (non-hydrogen) atoms. The molecule has 1 aromatic carbocycles. The van der Waals surface area contributed by atoms with Crippen LogP contribution in [0.4, 0.5) is 5.69 Å². The number of benzene rings is 1. The summed E-state index contributed by atoms with van der Waals surface area (Å²) in [6.07, 6.45) is 1.28. The molecule has 2 aliphatic rings. The first-order chi connectivity index (χ1) is 8.27. The number of nitrogens with zero attached hydrogens (tertiary/aromatic N) is 3. The van der Waals surface area contributed by atoms with E-state index in [1.54, 1.807) is 0 Å². The van der Waals surface area contributed by atoms with Crippen LogP contribution in [0.5, 0.6) is 0 Å². The predicted octanol–water partition coefficient (Wildman–Crippen LogP) is 1.52. The van der Waals surface area contributed by atoms with E-state index in [2.05, 4.69) is 52.6 Å². The SMILES string of the molecule is Cc1ccccc1N1CCN2CCC[N+](C)=C21. The average molecular weight is 230 g/mol. The first-order valence-corrected chi connectivity index (χ1v) is 6.43. The highest BCUT2D eigenvalue weighted by Gasteiger charge is 2.38. The molecule has 0 radical (unpaired) electrons. The van der Waals surface area contributed by atoms with Crippen molar-refractivity contribution in [1.82, 2.24) is 4.90 Å². The highest BCUT2D eigenvalue weighted by atomic mass is 15.5. The van der Waals surface area contributed by atoms with Gasteiger partial charge in [0.15, 0.2) is 0 Å². The van der Waals surface area contributed by atoms with Gasteiger partial charge in [0.1, 0.15) is 12.2 Å². The summed E-state index contributed by atoms with van der Waals surface area (Å²) in [5.74, 6) is 1.39. The van der Waals surface area contributed by atoms with E-state index in [4.69, 9.17) is 0 Å². The summed E-state index contributed by atoms with van der Waals surface area (Å²) >= 11 is 0. The molecule has 1 fully saturated rings. The molecule has 0 unspecified atom stereocenters. The van der Waals surface area contributed by atoms with E-state index in [1.807, 2.05) is 0 Å². The second-order valence-corrected chi connectivity index (χ2v) is 5.00. The van der Waals surface area contributed by atoms with Crippen molar-refractivity contribution < 1.29 is 4.58 Å². The molecule has 2 heterocycles. The molecule has 0 amide bonds. The van der Waals surface area contributed by atoms with Crippen LogP contribution in [0.1, 0.15) is 12.0 Å². The minimum absolute atomic E-state index is 1.12. The number of rotatable bonds is 1. The molecule has 0 bridgehead atoms. The Hall–Kier alpha value is -1.51. The lowest BCUT2D eigenvalue weighted by Gasteiger charge is -2.24. The molecule has 0 N–H and O–H groups in total. The molecule has 0 saturated carbocycles. The van der Waals surface area contributed by atoms with Gasteiger partial charge in [-0.25, -0.2) is 4.90 Å². The van der Waals surface area contributed by atoms with E-state index < -0.39 is 0 Å². The van der Waals surface area contributed by atoms with Gasteiger partial charge < -0.3 is 0 Å². The van der Waals surface area contributed by atoms with Gasteiger partial charge in [-0.15, -0.1) is 0 Å². The summed E-state index contributed by atoms with van der Waals surface area (Å²) < 4.78 is 2.39. The number of para-hydroxylation sites is 1. The summed E-state index contributed by atoms with van der Waals surface area (Å²) in [7, 11) is 2.21. The van der Waals surface area contributed by atoms with Crippen LogP contribution >= 0.6 is 0 Å². The van der Waals surface area contributed by atoms with E-state index in [0.717, 1.165) is 13.1 Å². The number of anilines is 1. The number of aryl methyl sites for hydroxylation is 1. The van der Waals surface area contributed by atoms with Crippen molar-refractivity contribution in [3.05, 3.63) is 29.8 Å². The van der Waals surface area contributed by atoms with Crippen LogP contribution in [0.25, 0.3) is 0 Å². The Bertz CT molecular complexity index is 464. The minimum Gasteiger partial charge on any atom is -0.267 e. The lowest BCUT2D eigenvalue weighted by molar-refractivity contribution is -0.508. The van der Waals surface area contributed by atoms with E-state index in [-0.39, 0.29) is 0 Å². The maximum absolute atomic E-state index is 2.51. The fourth-order valence-electron chi connectivity index (χ4n) is 2.94. The number of hydrogen-bond acceptors (Lipinski definition) is 2. The Balaban J connectivity index is 2.02. The Kier molecular flexibility index (Phi) is 2.54. The van der Waals surface area contributed by atoms with Crippen LogP contribution in [0.15, 0.2) is 24.3 Å². The molecule has 3 rings (SSSR count). The van der Waals surface area contributed by atoms with Crippen molar-refractivity contribution in [1.29, 1.82) is 0 Å². The fraction of sp³-hybridized carbons (Fsp3) is 0.500. The Labute approximate surface area is 103 Å². The van der Waals surface area contributed by atoms with Crippen molar-refractivity contribution in [2.24, 2.45) is 0 Å². The zero-order valence-corrected chi connectivity index (χ0v) is 10.7. The van der Waals surface area contributed by atoms with Crippen molar-refractivity contribution in [3.8, 4) is 0 Å². The van der Waals surface area contributed by atoms with Crippen LogP contribution in [0.3, 0.4) is 0 Å². The largest absolute Gasteiger partial charge is 0.355 e. The van der Waals surface area contributed by atoms with E-state index in [0.29, 0.717) is 0 Å². The minimum atomic E-state index is 1.12. The second-order valence-electron chi connectivity index (χ2n) is 5.00. The van der Waals surface area contributed by atoms with Crippen LogP contribution in [0.2, 0.25) is 0 Å². The Morgan fingerprint density at radius 2 is 1.94 bits per heavy atom. The quantitative estimate of drug-likeness (QED) is 0.677. The maximum atomic E-state index is 2.51. The van der Waals surface area contributed by atoms with Crippen LogP contribution in [0, 0.1) is 6.92 Å². The van der Waals surface area contributed by atoms with E-state index >= 15 is 0 Å². The summed E-state index contributed by atoms with van der Waals surface area (Å²) in [6.45, 7) is 6.86. The molecule has 3 heteroatoms. The van der Waals surface area contributed by atoms with Crippen LogP contribution in [-0.2, 0) is 0 Å². The summed E-state index contributed by atoms with van der Waals surface area (Å²) in [4.78, 5) is 4.98. The molecule has 0 spiro atoms.